The van der Waals surface area contributed by atoms with Crippen molar-refractivity contribution in [2.75, 3.05) is 0 Å². The summed E-state index contributed by atoms with van der Waals surface area (Å²) in [7, 11) is 0. The van der Waals surface area contributed by atoms with Gasteiger partial charge in [-0.15, -0.1) is 0 Å². The van der Waals surface area contributed by atoms with Crippen LogP contribution in [0, 0.1) is 11.3 Å². The molecule has 0 bridgehead atoms. The first kappa shape index (κ1) is 24.3. The average Bonchev–Trinajstić information content (AvgIpc) is 2.83. The normalized spacial score (nSPS) is 10.1. The van der Waals surface area contributed by atoms with E-state index in [9.17, 15) is 0 Å². The van der Waals surface area contributed by atoms with Gasteiger partial charge in [0.2, 0.25) is 0 Å². The molecule has 4 aromatic carbocycles. The lowest BCUT2D eigenvalue weighted by Crippen LogP contribution is -1.94. The maximum absolute atomic E-state index is 8.68. The number of halogens is 2. The molecule has 160 valence electrons. The van der Waals surface area contributed by atoms with Crippen molar-refractivity contribution in [3.05, 3.63) is 118 Å². The zero-order valence-electron chi connectivity index (χ0n) is 17.0. The molecule has 0 aliphatic heterocycles. The monoisotopic (exact) mass is 494 g/mol. The summed E-state index contributed by atoms with van der Waals surface area (Å²) in [6, 6.07) is 33.4. The molecular weight excluding hydrogens is 475 g/mol. The Morgan fingerprint density at radius 3 is 1.28 bits per heavy atom. The Kier molecular flexibility index (Phi) is 9.55. The third kappa shape index (κ3) is 7.94. The van der Waals surface area contributed by atoms with Crippen LogP contribution in [0.2, 0.25) is 10.0 Å². The minimum absolute atomic E-state index is 0.589. The number of nitriles is 1. The lowest BCUT2D eigenvalue weighted by atomic mass is 10.2. The third-order valence-corrected chi connectivity index (χ3v) is 6.78. The van der Waals surface area contributed by atoms with Gasteiger partial charge >= 0.3 is 0 Å². The van der Waals surface area contributed by atoms with Gasteiger partial charge in [-0.25, -0.2) is 0 Å². The molecule has 32 heavy (non-hydrogen) atoms. The second-order valence-corrected chi connectivity index (χ2v) is 9.76. The Labute approximate surface area is 207 Å². The van der Waals surface area contributed by atoms with E-state index in [1.807, 2.05) is 72.8 Å². The van der Waals surface area contributed by atoms with Gasteiger partial charge in [0, 0.05) is 36.2 Å². The van der Waals surface area contributed by atoms with Gasteiger partial charge in [0.05, 0.1) is 11.6 Å². The molecule has 0 fully saturated rings. The molecule has 0 aliphatic rings. The van der Waals surface area contributed by atoms with Crippen LogP contribution in [-0.4, -0.2) is 0 Å². The van der Waals surface area contributed by atoms with Crippen LogP contribution in [-0.2, 0) is 6.54 Å². The first-order valence-corrected chi connectivity index (χ1v) is 12.1. The maximum Gasteiger partial charge on any atom is 0.0991 e. The number of hydrogen-bond acceptors (Lipinski definition) is 4. The number of nitrogens with two attached hydrogens (primary N) is 1. The fourth-order valence-electron chi connectivity index (χ4n) is 2.57. The summed E-state index contributed by atoms with van der Waals surface area (Å²) in [5.74, 6) is 0. The van der Waals surface area contributed by atoms with E-state index in [2.05, 4.69) is 30.3 Å². The highest BCUT2D eigenvalue weighted by Gasteiger charge is 1.99. The molecule has 0 spiro atoms. The van der Waals surface area contributed by atoms with Crippen molar-refractivity contribution >= 4 is 46.7 Å². The van der Waals surface area contributed by atoms with Crippen LogP contribution < -0.4 is 5.73 Å². The van der Waals surface area contributed by atoms with Crippen molar-refractivity contribution in [2.24, 2.45) is 5.73 Å². The lowest BCUT2D eigenvalue weighted by Gasteiger charge is -2.02. The summed E-state index contributed by atoms with van der Waals surface area (Å²) in [4.78, 5) is 4.64. The second kappa shape index (κ2) is 12.6. The van der Waals surface area contributed by atoms with Crippen LogP contribution in [0.4, 0.5) is 0 Å². The summed E-state index contributed by atoms with van der Waals surface area (Å²) in [5, 5.41) is 10.2. The van der Waals surface area contributed by atoms with Crippen LogP contribution in [0.25, 0.3) is 0 Å². The van der Waals surface area contributed by atoms with Crippen LogP contribution in [0.15, 0.2) is 117 Å². The van der Waals surface area contributed by atoms with Crippen LogP contribution in [0.3, 0.4) is 0 Å². The number of rotatable bonds is 5. The zero-order chi connectivity index (χ0) is 22.8. The molecule has 0 radical (unpaired) electrons. The van der Waals surface area contributed by atoms with Gasteiger partial charge in [-0.2, -0.15) is 5.26 Å². The smallest absolute Gasteiger partial charge is 0.0991 e. The second-order valence-electron chi connectivity index (χ2n) is 6.60. The SMILES string of the molecule is N#Cc1ccc(Sc2ccc(Cl)cc2)cc1.NCc1ccc(Sc2ccc(Cl)cc2)cc1. The van der Waals surface area contributed by atoms with Gasteiger partial charge in [-0.3, -0.25) is 0 Å². The molecular formula is C26H20Cl2N2S2. The standard InChI is InChI=1S/C13H12ClNS.C13H8ClNS/c2*14-11-3-7-13(8-4-11)16-12-5-1-10(9-15)2-6-12/h1-8H,9,15H2;1-8H. The quantitative estimate of drug-likeness (QED) is 0.302. The van der Waals surface area contributed by atoms with Gasteiger partial charge in [0.1, 0.15) is 0 Å². The Morgan fingerprint density at radius 2 is 0.938 bits per heavy atom. The molecule has 4 rings (SSSR count). The van der Waals surface area contributed by atoms with Crippen LogP contribution in [0.5, 0.6) is 0 Å². The number of hydrogen-bond donors (Lipinski definition) is 1. The van der Waals surface area contributed by atoms with Crippen molar-refractivity contribution in [3.63, 3.8) is 0 Å². The molecule has 4 aromatic rings. The highest BCUT2D eigenvalue weighted by Crippen LogP contribution is 2.29. The van der Waals surface area contributed by atoms with E-state index in [0.29, 0.717) is 12.1 Å². The molecule has 0 unspecified atom stereocenters. The minimum atomic E-state index is 0.589. The molecule has 6 heteroatoms. The lowest BCUT2D eigenvalue weighted by molar-refractivity contribution is 1.07. The van der Waals surface area contributed by atoms with E-state index in [-0.39, 0.29) is 0 Å². The minimum Gasteiger partial charge on any atom is -0.326 e. The largest absolute Gasteiger partial charge is 0.326 e. The predicted molar refractivity (Wildman–Crippen MR) is 137 cm³/mol. The van der Waals surface area contributed by atoms with Crippen molar-refractivity contribution in [2.45, 2.75) is 26.1 Å². The zero-order valence-corrected chi connectivity index (χ0v) is 20.2. The van der Waals surface area contributed by atoms with E-state index in [1.54, 1.807) is 23.5 Å². The molecule has 0 saturated carbocycles. The molecule has 0 aromatic heterocycles. The van der Waals surface area contributed by atoms with E-state index < -0.39 is 0 Å². The van der Waals surface area contributed by atoms with E-state index in [4.69, 9.17) is 34.2 Å². The molecule has 2 N–H and O–H groups in total. The first-order valence-electron chi connectivity index (χ1n) is 9.72. The fourth-order valence-corrected chi connectivity index (χ4v) is 4.45. The van der Waals surface area contributed by atoms with Gasteiger partial charge in [-0.05, 0) is 90.5 Å². The van der Waals surface area contributed by atoms with Gasteiger partial charge < -0.3 is 5.73 Å². The maximum atomic E-state index is 8.68. The molecule has 2 nitrogen and oxygen atoms in total. The van der Waals surface area contributed by atoms with Crippen LogP contribution >= 0.6 is 46.7 Å². The summed E-state index contributed by atoms with van der Waals surface area (Å²) in [6.07, 6.45) is 0. The van der Waals surface area contributed by atoms with E-state index >= 15 is 0 Å². The topological polar surface area (TPSA) is 49.8 Å². The van der Waals surface area contributed by atoms with Gasteiger partial charge in [-0.1, -0.05) is 58.9 Å². The summed E-state index contributed by atoms with van der Waals surface area (Å²) < 4.78 is 0. The van der Waals surface area contributed by atoms with Gasteiger partial charge in [0.25, 0.3) is 0 Å². The molecule has 0 atom stereocenters. The molecule has 0 saturated heterocycles. The first-order chi connectivity index (χ1) is 15.6. The summed E-state index contributed by atoms with van der Waals surface area (Å²) in [5.41, 5.74) is 7.38. The molecule has 0 aliphatic carbocycles. The molecule has 0 heterocycles. The summed E-state index contributed by atoms with van der Waals surface area (Å²) >= 11 is 15.0. The van der Waals surface area contributed by atoms with Crippen LogP contribution in [0.1, 0.15) is 11.1 Å². The predicted octanol–water partition coefficient (Wildman–Crippen LogP) is 8.31. The van der Waals surface area contributed by atoms with Crippen molar-refractivity contribution < 1.29 is 0 Å². The van der Waals surface area contributed by atoms with Gasteiger partial charge in [0.15, 0.2) is 0 Å². The molecule has 0 amide bonds. The Morgan fingerprint density at radius 1 is 0.594 bits per heavy atom. The van der Waals surface area contributed by atoms with Crippen molar-refractivity contribution in [1.29, 1.82) is 5.26 Å². The third-order valence-electron chi connectivity index (χ3n) is 4.24. The Hall–Kier alpha value is -2.39. The van der Waals surface area contributed by atoms with E-state index in [1.165, 1.54) is 9.79 Å². The van der Waals surface area contributed by atoms with Crippen molar-refractivity contribution in [1.82, 2.24) is 0 Å². The fraction of sp³-hybridized carbons (Fsp3) is 0.0385. The van der Waals surface area contributed by atoms with Crippen molar-refractivity contribution in [3.8, 4) is 6.07 Å². The Bertz CT molecular complexity index is 1150. The Balaban J connectivity index is 0.000000181. The summed E-state index contributed by atoms with van der Waals surface area (Å²) in [6.45, 7) is 0.589. The average molecular weight is 496 g/mol. The van der Waals surface area contributed by atoms with E-state index in [0.717, 1.165) is 25.4 Å². The highest BCUT2D eigenvalue weighted by atomic mass is 35.5. The highest BCUT2D eigenvalue weighted by molar-refractivity contribution is 7.99. The number of nitrogens with zero attached hydrogens (tertiary/aromatic N) is 1. The number of benzene rings is 4.